The quantitative estimate of drug-likeness (QED) is 0.242. The van der Waals surface area contributed by atoms with Crippen LogP contribution in [0.2, 0.25) is 10.0 Å². The summed E-state index contributed by atoms with van der Waals surface area (Å²) in [6.07, 6.45) is 4.53. The molecule has 180 valence electrons. The molecule has 4 atom stereocenters. The molecule has 0 spiro atoms. The van der Waals surface area contributed by atoms with Gasteiger partial charge in [-0.2, -0.15) is 0 Å². The highest BCUT2D eigenvalue weighted by molar-refractivity contribution is 7.80. The van der Waals surface area contributed by atoms with Crippen molar-refractivity contribution in [2.45, 2.75) is 73.5 Å². The van der Waals surface area contributed by atoms with Crippen molar-refractivity contribution in [3.05, 3.63) is 39.9 Å². The van der Waals surface area contributed by atoms with Crippen LogP contribution < -0.4 is 0 Å². The van der Waals surface area contributed by atoms with E-state index in [1.54, 1.807) is 31.2 Å². The summed E-state index contributed by atoms with van der Waals surface area (Å²) in [5.41, 5.74) is 0.814. The number of benzene rings is 1. The van der Waals surface area contributed by atoms with Crippen molar-refractivity contribution in [3.63, 3.8) is 0 Å². The van der Waals surface area contributed by atoms with E-state index in [1.165, 1.54) is 0 Å². The number of rotatable bonds is 12. The zero-order valence-electron chi connectivity index (χ0n) is 20.4. The summed E-state index contributed by atoms with van der Waals surface area (Å²) < 4.78 is 0. The third-order valence-corrected chi connectivity index (χ3v) is 6.99. The molecule has 0 saturated carbocycles. The maximum absolute atomic E-state index is 13.4. The SMILES string of the molecule is CC(C)CC(C)CN(C(=O)C=Cc1ccc(Cl)c(Cl)c1)C(C)C(CC(C)C)C(=S)C(C)O. The van der Waals surface area contributed by atoms with E-state index in [4.69, 9.17) is 35.4 Å². The van der Waals surface area contributed by atoms with Gasteiger partial charge in [0.25, 0.3) is 0 Å². The van der Waals surface area contributed by atoms with Gasteiger partial charge in [0.2, 0.25) is 5.91 Å². The monoisotopic (exact) mass is 499 g/mol. The van der Waals surface area contributed by atoms with Crippen molar-refractivity contribution in [1.82, 2.24) is 4.90 Å². The van der Waals surface area contributed by atoms with Gasteiger partial charge in [0, 0.05) is 29.4 Å². The van der Waals surface area contributed by atoms with Gasteiger partial charge in [-0.15, -0.1) is 0 Å². The average Bonchev–Trinajstić information content (AvgIpc) is 2.69. The maximum atomic E-state index is 13.4. The number of carbonyl (C=O) groups excluding carboxylic acids is 1. The number of aliphatic hydroxyl groups excluding tert-OH is 1. The predicted octanol–water partition coefficient (Wildman–Crippen LogP) is 7.32. The Morgan fingerprint density at radius 1 is 1.03 bits per heavy atom. The minimum absolute atomic E-state index is 0.0569. The Morgan fingerprint density at radius 3 is 2.12 bits per heavy atom. The van der Waals surface area contributed by atoms with Gasteiger partial charge < -0.3 is 10.0 Å². The van der Waals surface area contributed by atoms with Crippen molar-refractivity contribution >= 4 is 52.3 Å². The minimum atomic E-state index is -0.687. The molecule has 1 aromatic rings. The van der Waals surface area contributed by atoms with Crippen molar-refractivity contribution in [2.75, 3.05) is 6.54 Å². The van der Waals surface area contributed by atoms with Crippen LogP contribution in [-0.2, 0) is 4.79 Å². The number of thiocarbonyl (C=S) groups is 1. The highest BCUT2D eigenvalue weighted by atomic mass is 35.5. The van der Waals surface area contributed by atoms with Crippen LogP contribution in [0.3, 0.4) is 0 Å². The van der Waals surface area contributed by atoms with Gasteiger partial charge in [-0.05, 0) is 68.2 Å². The number of hydrogen-bond donors (Lipinski definition) is 1. The van der Waals surface area contributed by atoms with Crippen molar-refractivity contribution < 1.29 is 9.90 Å². The van der Waals surface area contributed by atoms with Crippen LogP contribution in [0.1, 0.15) is 66.9 Å². The molecule has 0 aliphatic rings. The summed E-state index contributed by atoms with van der Waals surface area (Å²) in [6, 6.07) is 5.17. The second kappa shape index (κ2) is 13.7. The summed E-state index contributed by atoms with van der Waals surface area (Å²) in [6.45, 7) is 15.3. The number of hydrogen-bond acceptors (Lipinski definition) is 3. The third-order valence-electron chi connectivity index (χ3n) is 5.60. The molecule has 32 heavy (non-hydrogen) atoms. The molecule has 0 saturated heterocycles. The fourth-order valence-electron chi connectivity index (χ4n) is 4.14. The Balaban J connectivity index is 3.22. The smallest absolute Gasteiger partial charge is 0.246 e. The van der Waals surface area contributed by atoms with Crippen LogP contribution >= 0.6 is 35.4 Å². The van der Waals surface area contributed by atoms with Crippen LogP contribution in [-0.4, -0.2) is 39.5 Å². The molecule has 0 aliphatic carbocycles. The number of halogens is 2. The van der Waals surface area contributed by atoms with Crippen LogP contribution in [0, 0.1) is 23.7 Å². The van der Waals surface area contributed by atoms with E-state index in [-0.39, 0.29) is 17.9 Å². The van der Waals surface area contributed by atoms with Gasteiger partial charge in [0.15, 0.2) is 0 Å². The highest BCUT2D eigenvalue weighted by Crippen LogP contribution is 2.26. The van der Waals surface area contributed by atoms with Crippen molar-refractivity contribution in [2.24, 2.45) is 23.7 Å². The lowest BCUT2D eigenvalue weighted by Crippen LogP contribution is -2.48. The summed E-state index contributed by atoms with van der Waals surface area (Å²) in [5, 5.41) is 11.1. The number of aliphatic hydroxyl groups is 1. The molecule has 0 aromatic heterocycles. The molecule has 0 bridgehead atoms. The Hall–Kier alpha value is -0.940. The van der Waals surface area contributed by atoms with Gasteiger partial charge in [-0.25, -0.2) is 0 Å². The van der Waals surface area contributed by atoms with E-state index in [0.29, 0.717) is 39.2 Å². The van der Waals surface area contributed by atoms with E-state index in [1.807, 2.05) is 11.0 Å². The Labute approximate surface area is 210 Å². The van der Waals surface area contributed by atoms with E-state index in [9.17, 15) is 9.90 Å². The third kappa shape index (κ3) is 9.51. The van der Waals surface area contributed by atoms with E-state index >= 15 is 0 Å². The Morgan fingerprint density at radius 2 is 1.62 bits per heavy atom. The van der Waals surface area contributed by atoms with E-state index in [2.05, 4.69) is 41.5 Å². The van der Waals surface area contributed by atoms with Crippen LogP contribution in [0.25, 0.3) is 6.08 Å². The molecule has 1 amide bonds. The Bertz CT molecular complexity index is 792. The second-order valence-corrected chi connectivity index (χ2v) is 11.1. The van der Waals surface area contributed by atoms with Crippen LogP contribution in [0.15, 0.2) is 24.3 Å². The lowest BCUT2D eigenvalue weighted by atomic mass is 9.85. The van der Waals surface area contributed by atoms with E-state index in [0.717, 1.165) is 18.4 Å². The molecule has 0 heterocycles. The molecule has 0 radical (unpaired) electrons. The van der Waals surface area contributed by atoms with Gasteiger partial charge >= 0.3 is 0 Å². The molecule has 1 aromatic carbocycles. The first kappa shape index (κ1) is 29.1. The number of nitrogens with zero attached hydrogens (tertiary/aromatic N) is 1. The first-order chi connectivity index (χ1) is 14.8. The van der Waals surface area contributed by atoms with Crippen molar-refractivity contribution in [3.8, 4) is 0 Å². The molecule has 6 heteroatoms. The number of amides is 1. The normalized spacial score (nSPS) is 15.8. The Kier molecular flexibility index (Phi) is 12.4. The van der Waals surface area contributed by atoms with Crippen molar-refractivity contribution in [1.29, 1.82) is 0 Å². The summed E-state index contributed by atoms with van der Waals surface area (Å²) in [5.74, 6) is 1.17. The number of carbonyl (C=O) groups is 1. The molecular weight excluding hydrogens is 461 g/mol. The molecule has 4 unspecified atom stereocenters. The first-order valence-corrected chi connectivity index (χ1v) is 12.6. The van der Waals surface area contributed by atoms with Gasteiger partial charge in [0.05, 0.1) is 16.1 Å². The molecule has 0 aliphatic heterocycles. The summed E-state index contributed by atoms with van der Waals surface area (Å²) in [4.78, 5) is 15.9. The average molecular weight is 501 g/mol. The molecule has 1 rings (SSSR count). The molecule has 3 nitrogen and oxygen atoms in total. The summed E-state index contributed by atoms with van der Waals surface area (Å²) in [7, 11) is 0. The van der Waals surface area contributed by atoms with Gasteiger partial charge in [0.1, 0.15) is 0 Å². The molecular formula is C26H39Cl2NO2S. The predicted molar refractivity (Wildman–Crippen MR) is 143 cm³/mol. The van der Waals surface area contributed by atoms with E-state index < -0.39 is 6.10 Å². The fourth-order valence-corrected chi connectivity index (χ4v) is 4.74. The molecule has 1 N–H and O–H groups in total. The fraction of sp³-hybridized carbons (Fsp3) is 0.615. The zero-order chi connectivity index (χ0) is 24.6. The van der Waals surface area contributed by atoms with Gasteiger partial charge in [-0.3, -0.25) is 4.79 Å². The topological polar surface area (TPSA) is 40.5 Å². The van der Waals surface area contributed by atoms with Crippen LogP contribution in [0.5, 0.6) is 0 Å². The lowest BCUT2D eigenvalue weighted by Gasteiger charge is -2.38. The lowest BCUT2D eigenvalue weighted by molar-refractivity contribution is -0.129. The highest BCUT2D eigenvalue weighted by Gasteiger charge is 2.32. The minimum Gasteiger partial charge on any atom is -0.388 e. The first-order valence-electron chi connectivity index (χ1n) is 11.5. The summed E-state index contributed by atoms with van der Waals surface area (Å²) >= 11 is 17.7. The van der Waals surface area contributed by atoms with Gasteiger partial charge in [-0.1, -0.05) is 76.1 Å². The zero-order valence-corrected chi connectivity index (χ0v) is 22.8. The molecule has 0 fully saturated rings. The largest absolute Gasteiger partial charge is 0.388 e. The second-order valence-electron chi connectivity index (χ2n) is 9.79. The van der Waals surface area contributed by atoms with Crippen LogP contribution in [0.4, 0.5) is 0 Å². The standard InChI is InChI=1S/C26H39Cl2NO2S/c1-16(2)12-18(5)15-29(19(6)22(13-17(3)4)26(32)20(7)30)25(31)11-9-21-8-10-23(27)24(28)14-21/h8-11,14,16-20,22,30H,12-13,15H2,1-7H3. The maximum Gasteiger partial charge on any atom is 0.246 e.